The molecule has 3 aliphatic rings. The normalized spacial score (nSPS) is 21.2. The summed E-state index contributed by atoms with van der Waals surface area (Å²) in [6.45, 7) is 14.3. The van der Waals surface area contributed by atoms with Gasteiger partial charge in [0.05, 0.1) is 54.0 Å². The Morgan fingerprint density at radius 3 is 1.61 bits per heavy atom. The number of para-hydroxylation sites is 1. The lowest BCUT2D eigenvalue weighted by Gasteiger charge is -2.26. The highest BCUT2D eigenvalue weighted by Gasteiger charge is 2.61. The van der Waals surface area contributed by atoms with Crippen molar-refractivity contribution in [2.24, 2.45) is 17.8 Å². The maximum Gasteiger partial charge on any atom is 0.407 e. The summed E-state index contributed by atoms with van der Waals surface area (Å²) in [6, 6.07) is 39.3. The number of amides is 4. The number of carboxylic acid groups (broad SMARTS) is 1. The number of nitrogens with one attached hydrogen (secondary N) is 5. The zero-order chi connectivity index (χ0) is 64.3. The molecule has 0 aliphatic heterocycles. The molecule has 0 saturated heterocycles. The van der Waals surface area contributed by atoms with Crippen LogP contribution >= 0.6 is 0 Å². The van der Waals surface area contributed by atoms with E-state index >= 15 is 0 Å². The van der Waals surface area contributed by atoms with Crippen LogP contribution in [-0.2, 0) is 33.9 Å². The predicted octanol–water partition coefficient (Wildman–Crippen LogP) is 11.1. The fraction of sp³-hybridized carbons (Fsp3) is 0.338. The Labute approximate surface area is 521 Å². The summed E-state index contributed by atoms with van der Waals surface area (Å²) >= 11 is 0. The zero-order valence-electron chi connectivity index (χ0n) is 51.2. The number of rotatable bonds is 17. The molecule has 11 rings (SSSR count). The van der Waals surface area contributed by atoms with Crippen molar-refractivity contribution in [1.82, 2.24) is 35.6 Å². The van der Waals surface area contributed by atoms with Crippen molar-refractivity contribution in [2.75, 3.05) is 14.2 Å². The Hall–Kier alpha value is -9.70. The second-order valence-electron chi connectivity index (χ2n) is 24.6. The summed E-state index contributed by atoms with van der Waals surface area (Å²) in [7, 11) is -1.16. The number of aliphatic carboxylic acids is 1. The predicted molar refractivity (Wildman–Crippen MR) is 338 cm³/mol. The largest absolute Gasteiger partial charge is 0.497 e. The van der Waals surface area contributed by atoms with Gasteiger partial charge in [-0.1, -0.05) is 78.9 Å². The van der Waals surface area contributed by atoms with Crippen molar-refractivity contribution < 1.29 is 65.9 Å². The van der Waals surface area contributed by atoms with Crippen molar-refractivity contribution in [1.29, 1.82) is 0 Å². The minimum atomic E-state index is -4.34. The molecule has 4 amide bonds. The number of alkyl carbamates (subject to hydrolysis) is 2. The summed E-state index contributed by atoms with van der Waals surface area (Å²) in [5.74, 6) is -2.18. The van der Waals surface area contributed by atoms with E-state index < -0.39 is 98.8 Å². The number of benzene rings is 5. The zero-order valence-corrected chi connectivity index (χ0v) is 52.0. The molecule has 22 heteroatoms. The molecular weight excluding hydrogens is 1170 g/mol. The van der Waals surface area contributed by atoms with Crippen molar-refractivity contribution in [3.8, 4) is 45.5 Å². The fourth-order valence-corrected chi connectivity index (χ4v) is 12.8. The maximum absolute atomic E-state index is 14.3. The molecule has 3 aliphatic carbocycles. The van der Waals surface area contributed by atoms with Crippen LogP contribution in [0.3, 0.4) is 0 Å². The Balaban J connectivity index is 0.000000219. The molecule has 6 N–H and O–H groups in total. The molecule has 0 radical (unpaired) electrons. The Morgan fingerprint density at radius 2 is 1.14 bits per heavy atom. The van der Waals surface area contributed by atoms with Crippen LogP contribution in [0.15, 0.2) is 157 Å². The number of fused-ring (bicyclic) bond motifs is 3. The number of pyridine rings is 2. The van der Waals surface area contributed by atoms with E-state index in [1.54, 1.807) is 80.2 Å². The number of nitrogens with zero attached hydrogens (tertiary/aromatic N) is 2. The van der Waals surface area contributed by atoms with Gasteiger partial charge >= 0.3 is 18.2 Å². The van der Waals surface area contributed by atoms with E-state index in [0.29, 0.717) is 57.0 Å². The van der Waals surface area contributed by atoms with Crippen molar-refractivity contribution >= 4 is 72.7 Å². The van der Waals surface area contributed by atoms with Crippen molar-refractivity contribution in [3.63, 3.8) is 0 Å². The lowest BCUT2D eigenvalue weighted by Crippen LogP contribution is -2.55. The first-order chi connectivity index (χ1) is 42.8. The molecule has 3 heterocycles. The number of H-pyrrole nitrogens is 1. The van der Waals surface area contributed by atoms with Gasteiger partial charge in [0.2, 0.25) is 5.91 Å². The minimum Gasteiger partial charge on any atom is -0.497 e. The van der Waals surface area contributed by atoms with Gasteiger partial charge in [-0.25, -0.2) is 32.7 Å². The lowest BCUT2D eigenvalue weighted by molar-refractivity contribution is -0.142. The summed E-state index contributed by atoms with van der Waals surface area (Å²) in [5.41, 5.74) is 1.86. The number of hydrogen-bond acceptors (Lipinski definition) is 15. The van der Waals surface area contributed by atoms with Gasteiger partial charge in [0, 0.05) is 88.6 Å². The molecule has 3 aromatic heterocycles. The third kappa shape index (κ3) is 14.6. The van der Waals surface area contributed by atoms with E-state index in [0.717, 1.165) is 27.6 Å². The highest BCUT2D eigenvalue weighted by Crippen LogP contribution is 2.46. The third-order valence-corrected chi connectivity index (χ3v) is 17.3. The van der Waals surface area contributed by atoms with E-state index in [1.807, 2.05) is 109 Å². The number of sulfonamides is 1. The average molecular weight is 1240 g/mol. The second kappa shape index (κ2) is 25.8. The standard InChI is InChI=1S/C41H43N5O8S.C27H30N2O6/c1-6-26-23-41(26,38(48)46-55(50,51)35-14-10-13-25-17-18-42-36(25)35)45-37(47)30-19-28(21-33(30)44-39(49)54-40(2,3)4)53-34-22-31(24-11-8-7-9-12-24)43-32-20-27(52-5)15-16-29(32)34;1-27(2,3)35-26(32)29-23-14-18(12-20(23)25(30)31)34-24-15-21(16-8-6-5-7-9-16)28-22-13-17(33-4)10-11-19(22)24/h6-18,20,22,26,28,30,33,42H,1,19,21,23H2,2-5H3,(H,44,49)(H,45,47)(H,46,48);5-11,13,15,18,20,23H,12,14H2,1-4H3,(H,29,32)(H,30,31)/t26-,28-,30-,33+,41-;18-,20-,23+/m11/s1. The lowest BCUT2D eigenvalue weighted by atomic mass is 10.0. The molecule has 0 bridgehead atoms. The number of methoxy groups -OCH3 is 2. The van der Waals surface area contributed by atoms with Gasteiger partial charge in [0.15, 0.2) is 0 Å². The summed E-state index contributed by atoms with van der Waals surface area (Å²) in [5, 5.41) is 20.4. The molecule has 8 aromatic rings. The fourth-order valence-electron chi connectivity index (χ4n) is 11.5. The van der Waals surface area contributed by atoms with Crippen molar-refractivity contribution in [3.05, 3.63) is 152 Å². The van der Waals surface area contributed by atoms with Gasteiger partial charge in [0.1, 0.15) is 56.8 Å². The number of aromatic amines is 1. The average Bonchev–Trinajstić information content (AvgIpc) is 1.61. The molecule has 3 saturated carbocycles. The molecule has 3 fully saturated rings. The second-order valence-corrected chi connectivity index (χ2v) is 26.3. The van der Waals surface area contributed by atoms with Gasteiger partial charge in [-0.05, 0) is 97.2 Å². The van der Waals surface area contributed by atoms with Crippen LogP contribution in [0.2, 0.25) is 0 Å². The van der Waals surface area contributed by atoms with Crippen LogP contribution in [0.25, 0.3) is 55.2 Å². The molecule has 90 heavy (non-hydrogen) atoms. The molecule has 470 valence electrons. The van der Waals surface area contributed by atoms with Crippen LogP contribution in [0.1, 0.15) is 73.6 Å². The van der Waals surface area contributed by atoms with E-state index in [9.17, 15) is 37.5 Å². The number of ether oxygens (including phenoxy) is 6. The van der Waals surface area contributed by atoms with Crippen LogP contribution in [0.5, 0.6) is 23.0 Å². The Bertz CT molecular complexity index is 4130. The van der Waals surface area contributed by atoms with Crippen molar-refractivity contribution in [2.45, 2.75) is 120 Å². The molecule has 5 aromatic carbocycles. The van der Waals surface area contributed by atoms with Gasteiger partial charge in [-0.2, -0.15) is 0 Å². The summed E-state index contributed by atoms with van der Waals surface area (Å²) in [6.07, 6.45) is 1.95. The van der Waals surface area contributed by atoms with Gasteiger partial charge in [-0.15, -0.1) is 6.58 Å². The van der Waals surface area contributed by atoms with Crippen LogP contribution in [0.4, 0.5) is 9.59 Å². The summed E-state index contributed by atoms with van der Waals surface area (Å²) in [4.78, 5) is 77.9. The van der Waals surface area contributed by atoms with Gasteiger partial charge in [0.25, 0.3) is 15.9 Å². The Morgan fingerprint density at radius 1 is 0.644 bits per heavy atom. The van der Waals surface area contributed by atoms with Crippen LogP contribution in [0, 0.1) is 17.8 Å². The monoisotopic (exact) mass is 1240 g/mol. The SMILES string of the molecule is C=C[C@@H]1C[C@]1(NC(=O)[C@@H]1C[C@@H](Oc2cc(-c3ccccc3)nc3cc(OC)ccc23)C[C@@H]1NC(=O)OC(C)(C)C)C(=O)NS(=O)(=O)c1cccc2cc[nH]c12.COc1ccc2c(O[C@H]3C[C@H](NC(=O)OC(C)(C)C)[C@H](C(=O)O)C3)cc(-c3ccccc3)nc2c1. The van der Waals surface area contributed by atoms with E-state index in [4.69, 9.17) is 38.4 Å². The number of aromatic nitrogens is 3. The first-order valence-electron chi connectivity index (χ1n) is 29.5. The topological polar surface area (TPSA) is 285 Å². The maximum atomic E-state index is 14.3. The molecular formula is C68H73N7O14S. The molecule has 0 unspecified atom stereocenters. The number of carbonyl (C=O) groups is 5. The van der Waals surface area contributed by atoms with Gasteiger partial charge in [-0.3, -0.25) is 14.4 Å². The number of carboxylic acids is 1. The highest BCUT2D eigenvalue weighted by atomic mass is 32.2. The first kappa shape index (κ1) is 63.3. The van der Waals surface area contributed by atoms with Crippen LogP contribution in [-0.4, -0.2) is 114 Å². The third-order valence-electron chi connectivity index (χ3n) is 15.9. The summed E-state index contributed by atoms with van der Waals surface area (Å²) < 4.78 is 64.0. The van der Waals surface area contributed by atoms with E-state index in [-0.39, 0.29) is 30.6 Å². The molecule has 8 atom stereocenters. The van der Waals surface area contributed by atoms with Crippen LogP contribution < -0.4 is 39.6 Å². The number of hydrogen-bond donors (Lipinski definition) is 6. The molecule has 0 spiro atoms. The smallest absolute Gasteiger partial charge is 0.407 e. The highest BCUT2D eigenvalue weighted by molar-refractivity contribution is 7.90. The Kier molecular flexibility index (Phi) is 18.1. The van der Waals surface area contributed by atoms with Gasteiger partial charge < -0.3 is 54.5 Å². The quantitative estimate of drug-likeness (QED) is 0.0462. The number of carbonyl (C=O) groups excluding carboxylic acids is 4. The minimum absolute atomic E-state index is 0.101. The molecule has 21 nitrogen and oxygen atoms in total. The van der Waals surface area contributed by atoms with E-state index in [2.05, 4.69) is 32.2 Å². The van der Waals surface area contributed by atoms with E-state index in [1.165, 1.54) is 12.1 Å². The first-order valence-corrected chi connectivity index (χ1v) is 31.0.